The van der Waals surface area contributed by atoms with Crippen molar-refractivity contribution in [3.05, 3.63) is 81.5 Å². The van der Waals surface area contributed by atoms with Gasteiger partial charge in [0.15, 0.2) is 0 Å². The summed E-state index contributed by atoms with van der Waals surface area (Å²) in [4.78, 5) is 12.4. The van der Waals surface area contributed by atoms with Gasteiger partial charge in [-0.05, 0) is 34.6 Å². The summed E-state index contributed by atoms with van der Waals surface area (Å²) >= 11 is 1.49. The molecular weight excluding hydrogens is 368 g/mol. The molecule has 2 aromatic carbocycles. The van der Waals surface area contributed by atoms with Crippen molar-refractivity contribution in [3.63, 3.8) is 0 Å². The van der Waals surface area contributed by atoms with Crippen molar-refractivity contribution in [3.8, 4) is 17.2 Å². The van der Waals surface area contributed by atoms with E-state index in [1.807, 2.05) is 53.2 Å². The number of thiophene rings is 1. The fourth-order valence-electron chi connectivity index (χ4n) is 3.88. The van der Waals surface area contributed by atoms with Crippen molar-refractivity contribution in [2.24, 2.45) is 11.5 Å². The number of rotatable bonds is 5. The molecule has 0 bridgehead atoms. The van der Waals surface area contributed by atoms with E-state index in [9.17, 15) is 10.1 Å². The van der Waals surface area contributed by atoms with Crippen LogP contribution in [0.2, 0.25) is 0 Å². The van der Waals surface area contributed by atoms with Gasteiger partial charge in [-0.1, -0.05) is 42.5 Å². The molecule has 1 amide bonds. The molecule has 0 aliphatic heterocycles. The topological polar surface area (TPSA) is 117 Å². The van der Waals surface area contributed by atoms with Gasteiger partial charge < -0.3 is 11.5 Å². The highest BCUT2D eigenvalue weighted by Crippen LogP contribution is 2.60. The number of carbonyl (C=O) groups excluding carboxylic acids is 1. The van der Waals surface area contributed by atoms with Gasteiger partial charge in [0.05, 0.1) is 11.0 Å². The van der Waals surface area contributed by atoms with Gasteiger partial charge in [0.2, 0.25) is 5.91 Å². The first-order chi connectivity index (χ1) is 13.5. The lowest BCUT2D eigenvalue weighted by atomic mass is 9.88. The van der Waals surface area contributed by atoms with Crippen LogP contribution in [0.4, 0.5) is 0 Å². The molecule has 1 saturated carbocycles. The van der Waals surface area contributed by atoms with E-state index in [1.165, 1.54) is 11.3 Å². The smallest absolute Gasteiger partial charge is 0.228 e. The molecule has 5 nitrogen and oxygen atoms in total. The number of nitrogens with one attached hydrogen (secondary N) is 1. The first-order valence-electron chi connectivity index (χ1n) is 8.79. The number of nitrogen functional groups attached to an aromatic ring is 1. The zero-order chi connectivity index (χ0) is 19.9. The molecule has 2 unspecified atom stereocenters. The quantitative estimate of drug-likeness (QED) is 0.460. The number of primary amides is 1. The van der Waals surface area contributed by atoms with E-state index in [-0.39, 0.29) is 17.7 Å². The van der Waals surface area contributed by atoms with Crippen molar-refractivity contribution in [2.75, 3.05) is 0 Å². The molecule has 28 heavy (non-hydrogen) atoms. The highest BCUT2D eigenvalue weighted by molar-refractivity contribution is 7.08. The Balaban J connectivity index is 1.69. The van der Waals surface area contributed by atoms with Crippen molar-refractivity contribution >= 4 is 23.1 Å². The van der Waals surface area contributed by atoms with Gasteiger partial charge in [-0.2, -0.15) is 16.6 Å². The molecule has 1 fully saturated rings. The van der Waals surface area contributed by atoms with E-state index in [4.69, 9.17) is 16.9 Å². The molecule has 1 aliphatic carbocycles. The molecule has 0 saturated heterocycles. The van der Waals surface area contributed by atoms with E-state index < -0.39 is 5.41 Å². The Morgan fingerprint density at radius 2 is 1.93 bits per heavy atom. The van der Waals surface area contributed by atoms with Crippen molar-refractivity contribution in [1.29, 1.82) is 10.7 Å². The van der Waals surface area contributed by atoms with Gasteiger partial charge in [0.1, 0.15) is 11.9 Å². The molecule has 2 atom stereocenters. The number of carbonyl (C=O) groups is 1. The van der Waals surface area contributed by atoms with Gasteiger partial charge in [-0.25, -0.2) is 0 Å². The number of hydrogen-bond acceptors (Lipinski definition) is 4. The van der Waals surface area contributed by atoms with Crippen molar-refractivity contribution in [1.82, 2.24) is 0 Å². The van der Waals surface area contributed by atoms with Crippen LogP contribution in [-0.2, 0) is 10.2 Å². The van der Waals surface area contributed by atoms with Crippen LogP contribution >= 0.6 is 11.3 Å². The number of amidine groups is 1. The fourth-order valence-corrected chi connectivity index (χ4v) is 4.66. The lowest BCUT2D eigenvalue weighted by Crippen LogP contribution is -2.30. The second-order valence-corrected chi connectivity index (χ2v) is 7.76. The maximum absolute atomic E-state index is 12.4. The summed E-state index contributed by atoms with van der Waals surface area (Å²) in [5.41, 5.74) is 15.6. The average molecular weight is 386 g/mol. The first kappa shape index (κ1) is 18.0. The molecular formula is C22H18N4OS. The molecule has 0 spiro atoms. The summed E-state index contributed by atoms with van der Waals surface area (Å²) in [6.45, 7) is 0. The molecule has 1 aromatic heterocycles. The minimum atomic E-state index is -0.749. The van der Waals surface area contributed by atoms with E-state index in [0.29, 0.717) is 17.5 Å². The van der Waals surface area contributed by atoms with Crippen LogP contribution in [0.15, 0.2) is 59.3 Å². The fraction of sp³-hybridized carbons (Fsp3) is 0.136. The van der Waals surface area contributed by atoms with Crippen LogP contribution in [0.25, 0.3) is 11.1 Å². The summed E-state index contributed by atoms with van der Waals surface area (Å²) in [6, 6.07) is 17.3. The second-order valence-electron chi connectivity index (χ2n) is 7.02. The predicted octanol–water partition coefficient (Wildman–Crippen LogP) is 3.48. The lowest BCUT2D eigenvalue weighted by molar-refractivity contribution is -0.120. The zero-order valence-corrected chi connectivity index (χ0v) is 15.8. The van der Waals surface area contributed by atoms with Gasteiger partial charge in [0.25, 0.3) is 0 Å². The molecule has 5 N–H and O–H groups in total. The Morgan fingerprint density at radius 3 is 2.57 bits per heavy atom. The minimum Gasteiger partial charge on any atom is -0.384 e. The number of hydrogen-bond donors (Lipinski definition) is 3. The summed E-state index contributed by atoms with van der Waals surface area (Å²) in [7, 11) is 0. The van der Waals surface area contributed by atoms with Crippen molar-refractivity contribution < 1.29 is 4.79 Å². The van der Waals surface area contributed by atoms with Crippen LogP contribution in [0, 0.1) is 16.7 Å². The van der Waals surface area contributed by atoms with E-state index >= 15 is 0 Å². The van der Waals surface area contributed by atoms with E-state index in [2.05, 4.69) is 6.07 Å². The lowest BCUT2D eigenvalue weighted by Gasteiger charge is -2.15. The molecule has 0 radical (unpaired) electrons. The van der Waals surface area contributed by atoms with Crippen molar-refractivity contribution in [2.45, 2.75) is 17.8 Å². The van der Waals surface area contributed by atoms with Crippen LogP contribution in [0.1, 0.15) is 34.6 Å². The standard InChI is InChI=1S/C22H18N4OS/c23-10-16-11-28-12-18(16)13-4-6-17(7-5-13)22(21(26)27)9-19(22)14-2-1-3-15(8-14)20(24)25/h1-8,11-12,19H,9H2,(H3,24,25)(H2,26,27). The van der Waals surface area contributed by atoms with Crippen LogP contribution in [0.3, 0.4) is 0 Å². The second kappa shape index (κ2) is 6.63. The highest BCUT2D eigenvalue weighted by atomic mass is 32.1. The Hall–Kier alpha value is -3.43. The first-order valence-corrected chi connectivity index (χ1v) is 9.73. The van der Waals surface area contributed by atoms with Gasteiger partial charge >= 0.3 is 0 Å². The van der Waals surface area contributed by atoms with Gasteiger partial charge in [0, 0.05) is 22.4 Å². The number of nitriles is 1. The number of nitrogens with zero attached hydrogens (tertiary/aromatic N) is 1. The van der Waals surface area contributed by atoms with E-state index in [1.54, 1.807) is 6.07 Å². The summed E-state index contributed by atoms with van der Waals surface area (Å²) < 4.78 is 0. The minimum absolute atomic E-state index is 0.000544. The summed E-state index contributed by atoms with van der Waals surface area (Å²) in [6.07, 6.45) is 0.630. The molecule has 6 heteroatoms. The number of nitrogens with two attached hydrogens (primary N) is 2. The Morgan fingerprint density at radius 1 is 1.18 bits per heavy atom. The largest absolute Gasteiger partial charge is 0.384 e. The molecule has 3 aromatic rings. The number of amides is 1. The predicted molar refractivity (Wildman–Crippen MR) is 110 cm³/mol. The van der Waals surface area contributed by atoms with Crippen LogP contribution in [-0.4, -0.2) is 11.7 Å². The summed E-state index contributed by atoms with van der Waals surface area (Å²) in [5.74, 6) is -0.390. The maximum Gasteiger partial charge on any atom is 0.228 e. The third-order valence-corrected chi connectivity index (χ3v) is 6.24. The maximum atomic E-state index is 12.4. The monoisotopic (exact) mass is 386 g/mol. The molecule has 1 aliphatic rings. The van der Waals surface area contributed by atoms with E-state index in [0.717, 1.165) is 22.3 Å². The van der Waals surface area contributed by atoms with Gasteiger partial charge in [-0.15, -0.1) is 0 Å². The average Bonchev–Trinajstić information content (AvgIpc) is 3.30. The Kier molecular flexibility index (Phi) is 4.25. The van der Waals surface area contributed by atoms with Crippen LogP contribution < -0.4 is 11.5 Å². The van der Waals surface area contributed by atoms with Gasteiger partial charge in [-0.3, -0.25) is 10.2 Å². The third kappa shape index (κ3) is 2.77. The Bertz CT molecular complexity index is 1130. The normalized spacial score (nSPS) is 20.3. The number of benzene rings is 2. The molecule has 4 rings (SSSR count). The molecule has 138 valence electrons. The molecule has 1 heterocycles. The summed E-state index contributed by atoms with van der Waals surface area (Å²) in [5, 5.41) is 20.6. The highest BCUT2D eigenvalue weighted by Gasteiger charge is 2.60. The third-order valence-electron chi connectivity index (χ3n) is 5.49. The SMILES string of the molecule is N#Cc1cscc1-c1ccc(C2(C(N)=O)CC2c2cccc(C(=N)N)c2)cc1. The van der Waals surface area contributed by atoms with Crippen LogP contribution in [0.5, 0.6) is 0 Å². The zero-order valence-electron chi connectivity index (χ0n) is 15.0. The Labute approximate surface area is 166 Å².